The van der Waals surface area contributed by atoms with Crippen molar-refractivity contribution in [1.82, 2.24) is 14.4 Å². The van der Waals surface area contributed by atoms with Crippen LogP contribution in [-0.2, 0) is 0 Å². The lowest BCUT2D eigenvalue weighted by atomic mass is 10.1. The summed E-state index contributed by atoms with van der Waals surface area (Å²) in [5, 5.41) is 0. The Balaban J connectivity index is 2.27. The van der Waals surface area contributed by atoms with Crippen molar-refractivity contribution in [3.63, 3.8) is 0 Å². The third-order valence-electron chi connectivity index (χ3n) is 2.47. The van der Waals surface area contributed by atoms with E-state index in [0.29, 0.717) is 5.56 Å². The summed E-state index contributed by atoms with van der Waals surface area (Å²) in [6.45, 7) is 0. The van der Waals surface area contributed by atoms with E-state index < -0.39 is 0 Å². The molecule has 0 bridgehead atoms. The van der Waals surface area contributed by atoms with Gasteiger partial charge in [0, 0.05) is 29.7 Å². The zero-order valence-electron chi connectivity index (χ0n) is 8.34. The van der Waals surface area contributed by atoms with Gasteiger partial charge in [0.1, 0.15) is 5.82 Å². The average molecular weight is 213 g/mol. The minimum Gasteiger partial charge on any atom is -0.303 e. The zero-order valence-corrected chi connectivity index (χ0v) is 8.34. The first-order chi connectivity index (χ1) is 7.84. The van der Waals surface area contributed by atoms with Crippen molar-refractivity contribution in [2.24, 2.45) is 0 Å². The van der Waals surface area contributed by atoms with Gasteiger partial charge in [0.25, 0.3) is 0 Å². The maximum atomic E-state index is 13.8. The van der Waals surface area contributed by atoms with Crippen LogP contribution in [0.2, 0.25) is 0 Å². The Morgan fingerprint density at radius 1 is 1.19 bits per heavy atom. The number of rotatable bonds is 1. The molecule has 3 aromatic rings. The number of aromatic nitrogens is 3. The molecule has 0 aliphatic rings. The average Bonchev–Trinajstić information content (AvgIpc) is 2.76. The normalized spacial score (nSPS) is 10.8. The van der Waals surface area contributed by atoms with Gasteiger partial charge in [-0.15, -0.1) is 0 Å². The Bertz CT molecular complexity index is 631. The largest absolute Gasteiger partial charge is 0.303 e. The van der Waals surface area contributed by atoms with Crippen LogP contribution in [0.5, 0.6) is 0 Å². The van der Waals surface area contributed by atoms with Gasteiger partial charge in [-0.1, -0.05) is 6.07 Å². The van der Waals surface area contributed by atoms with Crippen molar-refractivity contribution < 1.29 is 4.39 Å². The van der Waals surface area contributed by atoms with Gasteiger partial charge < -0.3 is 4.40 Å². The summed E-state index contributed by atoms with van der Waals surface area (Å²) < 4.78 is 15.5. The van der Waals surface area contributed by atoms with Gasteiger partial charge in [-0.3, -0.25) is 4.98 Å². The molecule has 0 saturated heterocycles. The Labute approximate surface area is 91.2 Å². The molecule has 0 aromatic carbocycles. The van der Waals surface area contributed by atoms with E-state index >= 15 is 0 Å². The molecule has 78 valence electrons. The monoisotopic (exact) mass is 213 g/mol. The molecule has 0 amide bonds. The van der Waals surface area contributed by atoms with Crippen molar-refractivity contribution in [3.05, 3.63) is 55.1 Å². The second kappa shape index (κ2) is 3.41. The third kappa shape index (κ3) is 1.35. The zero-order chi connectivity index (χ0) is 11.0. The first kappa shape index (κ1) is 9.03. The summed E-state index contributed by atoms with van der Waals surface area (Å²) in [6.07, 6.45) is 8.00. The van der Waals surface area contributed by atoms with Crippen LogP contribution in [0, 0.1) is 5.82 Å². The van der Waals surface area contributed by atoms with Crippen LogP contribution < -0.4 is 0 Å². The highest BCUT2D eigenvalue weighted by Gasteiger charge is 2.07. The fourth-order valence-corrected chi connectivity index (χ4v) is 1.69. The van der Waals surface area contributed by atoms with E-state index in [-0.39, 0.29) is 5.82 Å². The van der Waals surface area contributed by atoms with Crippen molar-refractivity contribution in [3.8, 4) is 11.1 Å². The summed E-state index contributed by atoms with van der Waals surface area (Å²) in [4.78, 5) is 7.94. The summed E-state index contributed by atoms with van der Waals surface area (Å²) >= 11 is 0. The molecule has 3 aromatic heterocycles. The fraction of sp³-hybridized carbons (Fsp3) is 0. The first-order valence-electron chi connectivity index (χ1n) is 4.86. The van der Waals surface area contributed by atoms with Crippen LogP contribution in [0.25, 0.3) is 16.6 Å². The molecule has 0 aliphatic carbocycles. The number of pyridine rings is 2. The number of hydrogen-bond acceptors (Lipinski definition) is 2. The number of hydrogen-bond donors (Lipinski definition) is 0. The first-order valence-corrected chi connectivity index (χ1v) is 4.86. The van der Waals surface area contributed by atoms with Gasteiger partial charge in [-0.2, -0.15) is 0 Å². The molecule has 0 radical (unpaired) electrons. The van der Waals surface area contributed by atoms with Gasteiger partial charge in [-0.05, 0) is 12.1 Å². The highest BCUT2D eigenvalue weighted by molar-refractivity contribution is 5.68. The van der Waals surface area contributed by atoms with Crippen molar-refractivity contribution in [2.45, 2.75) is 0 Å². The van der Waals surface area contributed by atoms with Crippen LogP contribution in [0.15, 0.2) is 49.3 Å². The predicted octanol–water partition coefficient (Wildman–Crippen LogP) is 2.54. The SMILES string of the molecule is Fc1cn2cncc2cc1-c1cccnc1. The van der Waals surface area contributed by atoms with E-state index in [1.165, 1.54) is 6.20 Å². The van der Waals surface area contributed by atoms with Crippen LogP contribution >= 0.6 is 0 Å². The van der Waals surface area contributed by atoms with Gasteiger partial charge in [0.05, 0.1) is 18.0 Å². The lowest BCUT2D eigenvalue weighted by Crippen LogP contribution is -1.90. The number of fused-ring (bicyclic) bond motifs is 1. The molecular formula is C12H8FN3. The minimum absolute atomic E-state index is 0.279. The van der Waals surface area contributed by atoms with Gasteiger partial charge in [0.2, 0.25) is 0 Å². The Hall–Kier alpha value is -2.23. The molecule has 0 fully saturated rings. The molecule has 0 atom stereocenters. The molecule has 0 spiro atoms. The quantitative estimate of drug-likeness (QED) is 0.621. The van der Waals surface area contributed by atoms with E-state index in [9.17, 15) is 4.39 Å². The van der Waals surface area contributed by atoms with E-state index in [0.717, 1.165) is 11.1 Å². The van der Waals surface area contributed by atoms with Crippen LogP contribution in [0.4, 0.5) is 4.39 Å². The Kier molecular flexibility index (Phi) is 1.93. The number of imidazole rings is 1. The highest BCUT2D eigenvalue weighted by atomic mass is 19.1. The lowest BCUT2D eigenvalue weighted by Gasteiger charge is -2.03. The van der Waals surface area contributed by atoms with Crippen LogP contribution in [-0.4, -0.2) is 14.4 Å². The fourth-order valence-electron chi connectivity index (χ4n) is 1.69. The summed E-state index contributed by atoms with van der Waals surface area (Å²) in [5.74, 6) is -0.279. The predicted molar refractivity (Wildman–Crippen MR) is 58.4 cm³/mol. The smallest absolute Gasteiger partial charge is 0.147 e. The molecule has 0 N–H and O–H groups in total. The van der Waals surface area contributed by atoms with Crippen molar-refractivity contribution >= 4 is 5.52 Å². The molecule has 3 heterocycles. The topological polar surface area (TPSA) is 30.2 Å². The van der Waals surface area contributed by atoms with E-state index in [4.69, 9.17) is 0 Å². The second-order valence-corrected chi connectivity index (χ2v) is 3.50. The van der Waals surface area contributed by atoms with Crippen molar-refractivity contribution in [2.75, 3.05) is 0 Å². The molecule has 4 heteroatoms. The molecule has 3 nitrogen and oxygen atoms in total. The molecule has 0 aliphatic heterocycles. The summed E-state index contributed by atoms with van der Waals surface area (Å²) in [6, 6.07) is 5.38. The third-order valence-corrected chi connectivity index (χ3v) is 2.47. The van der Waals surface area contributed by atoms with Gasteiger partial charge in [0.15, 0.2) is 0 Å². The standard InChI is InChI=1S/C12H8FN3/c13-12-7-16-8-15-6-10(16)4-11(12)9-2-1-3-14-5-9/h1-8H. The summed E-state index contributed by atoms with van der Waals surface area (Å²) in [7, 11) is 0. The van der Waals surface area contributed by atoms with Gasteiger partial charge >= 0.3 is 0 Å². The molecule has 3 rings (SSSR count). The van der Waals surface area contributed by atoms with Crippen LogP contribution in [0.1, 0.15) is 0 Å². The Morgan fingerprint density at radius 3 is 2.94 bits per heavy atom. The lowest BCUT2D eigenvalue weighted by molar-refractivity contribution is 0.623. The molecule has 16 heavy (non-hydrogen) atoms. The van der Waals surface area contributed by atoms with Gasteiger partial charge in [-0.25, -0.2) is 9.37 Å². The molecular weight excluding hydrogens is 205 g/mol. The maximum Gasteiger partial charge on any atom is 0.147 e. The maximum absolute atomic E-state index is 13.8. The molecule has 0 unspecified atom stereocenters. The van der Waals surface area contributed by atoms with E-state index in [1.807, 2.05) is 6.07 Å². The number of nitrogens with zero attached hydrogens (tertiary/aromatic N) is 3. The van der Waals surface area contributed by atoms with Crippen LogP contribution in [0.3, 0.4) is 0 Å². The van der Waals surface area contributed by atoms with E-state index in [2.05, 4.69) is 9.97 Å². The van der Waals surface area contributed by atoms with Crippen molar-refractivity contribution in [1.29, 1.82) is 0 Å². The summed E-state index contributed by atoms with van der Waals surface area (Å²) in [5.41, 5.74) is 2.17. The number of halogens is 1. The van der Waals surface area contributed by atoms with E-state index in [1.54, 1.807) is 41.5 Å². The second-order valence-electron chi connectivity index (χ2n) is 3.50. The highest BCUT2D eigenvalue weighted by Crippen LogP contribution is 2.23. The Morgan fingerprint density at radius 2 is 2.12 bits per heavy atom. The minimum atomic E-state index is -0.279. The molecule has 0 saturated carbocycles.